The Balaban J connectivity index is 2.04. The normalized spacial score (nSPS) is 29.5. The number of aliphatic hydroxyl groups excluding tert-OH is 1. The van der Waals surface area contributed by atoms with Gasteiger partial charge < -0.3 is 24.7 Å². The van der Waals surface area contributed by atoms with Gasteiger partial charge in [-0.15, -0.1) is 0 Å². The molecule has 1 unspecified atom stereocenters. The van der Waals surface area contributed by atoms with E-state index in [0.717, 1.165) is 0 Å². The number of hydrogen-bond donors (Lipinski definition) is 2. The van der Waals surface area contributed by atoms with E-state index in [1.54, 1.807) is 4.90 Å². The summed E-state index contributed by atoms with van der Waals surface area (Å²) < 4.78 is 5.13. The van der Waals surface area contributed by atoms with Crippen LogP contribution in [0.4, 0.5) is 4.79 Å². The van der Waals surface area contributed by atoms with Crippen molar-refractivity contribution >= 4 is 12.0 Å². The second-order valence-corrected chi connectivity index (χ2v) is 4.28. The van der Waals surface area contributed by atoms with Crippen molar-refractivity contribution < 1.29 is 24.5 Å². The zero-order valence-corrected chi connectivity index (χ0v) is 9.41. The topological polar surface area (TPSA) is 90.3 Å². The number of urea groups is 1. The summed E-state index contributed by atoms with van der Waals surface area (Å²) in [4.78, 5) is 25.9. The summed E-state index contributed by atoms with van der Waals surface area (Å²) >= 11 is 0. The third-order valence-corrected chi connectivity index (χ3v) is 3.09. The van der Waals surface area contributed by atoms with E-state index in [2.05, 4.69) is 0 Å². The van der Waals surface area contributed by atoms with Crippen LogP contribution in [-0.4, -0.2) is 77.0 Å². The van der Waals surface area contributed by atoms with Crippen LogP contribution in [0.3, 0.4) is 0 Å². The van der Waals surface area contributed by atoms with Gasteiger partial charge >= 0.3 is 12.0 Å². The molecule has 96 valence electrons. The lowest BCUT2D eigenvalue weighted by Crippen LogP contribution is -2.51. The van der Waals surface area contributed by atoms with Gasteiger partial charge in [0.25, 0.3) is 0 Å². The van der Waals surface area contributed by atoms with E-state index in [4.69, 9.17) is 9.84 Å². The zero-order chi connectivity index (χ0) is 12.4. The van der Waals surface area contributed by atoms with Crippen LogP contribution in [-0.2, 0) is 9.53 Å². The van der Waals surface area contributed by atoms with Crippen LogP contribution in [0.2, 0.25) is 0 Å². The van der Waals surface area contributed by atoms with E-state index >= 15 is 0 Å². The van der Waals surface area contributed by atoms with Gasteiger partial charge in [-0.1, -0.05) is 0 Å². The van der Waals surface area contributed by atoms with Crippen molar-refractivity contribution in [3.05, 3.63) is 0 Å². The number of β-amino-alcohol motifs (C(OH)–C–C–N with tert-alkyl or cyclic N) is 1. The summed E-state index contributed by atoms with van der Waals surface area (Å²) in [6, 6.07) is -1.24. The molecular formula is C10H16N2O5. The third-order valence-electron chi connectivity index (χ3n) is 3.09. The quantitative estimate of drug-likeness (QED) is 0.615. The first kappa shape index (κ1) is 12.1. The van der Waals surface area contributed by atoms with Gasteiger partial charge in [-0.05, 0) is 0 Å². The highest BCUT2D eigenvalue weighted by Gasteiger charge is 2.40. The van der Waals surface area contributed by atoms with Gasteiger partial charge in [0.05, 0.1) is 19.3 Å². The largest absolute Gasteiger partial charge is 0.480 e. The molecule has 2 rings (SSSR count). The summed E-state index contributed by atoms with van der Waals surface area (Å²) in [7, 11) is 0. The van der Waals surface area contributed by atoms with E-state index < -0.39 is 18.1 Å². The van der Waals surface area contributed by atoms with Crippen LogP contribution >= 0.6 is 0 Å². The lowest BCUT2D eigenvalue weighted by molar-refractivity contribution is -0.141. The molecule has 0 aromatic carbocycles. The molecule has 7 nitrogen and oxygen atoms in total. The number of rotatable bonds is 1. The zero-order valence-electron chi connectivity index (χ0n) is 9.41. The first-order chi connectivity index (χ1) is 8.09. The van der Waals surface area contributed by atoms with Gasteiger partial charge in [0, 0.05) is 26.1 Å². The van der Waals surface area contributed by atoms with Crippen molar-refractivity contribution in [2.75, 3.05) is 32.8 Å². The van der Waals surface area contributed by atoms with Crippen molar-refractivity contribution in [2.24, 2.45) is 0 Å². The first-order valence-corrected chi connectivity index (χ1v) is 5.63. The Bertz CT molecular complexity index is 316. The van der Waals surface area contributed by atoms with E-state index in [1.807, 2.05) is 0 Å². The maximum absolute atomic E-state index is 12.1. The molecule has 0 spiro atoms. The minimum atomic E-state index is -1.07. The Kier molecular flexibility index (Phi) is 3.49. The molecule has 2 aliphatic heterocycles. The number of nitrogens with zero attached hydrogens (tertiary/aromatic N) is 2. The second kappa shape index (κ2) is 4.89. The summed E-state index contributed by atoms with van der Waals surface area (Å²) in [5, 5.41) is 18.5. The number of carbonyl (C=O) groups excluding carboxylic acids is 1. The van der Waals surface area contributed by atoms with E-state index in [-0.39, 0.29) is 19.0 Å². The molecule has 17 heavy (non-hydrogen) atoms. The SMILES string of the molecule is O=C(O)[C@@H]1CC(O)CN1C(=O)N1CCOCC1. The van der Waals surface area contributed by atoms with Crippen molar-refractivity contribution in [3.63, 3.8) is 0 Å². The maximum atomic E-state index is 12.1. The monoisotopic (exact) mass is 244 g/mol. The molecule has 0 bridgehead atoms. The number of amides is 2. The number of hydrogen-bond acceptors (Lipinski definition) is 4. The highest BCUT2D eigenvalue weighted by Crippen LogP contribution is 2.20. The molecule has 7 heteroatoms. The van der Waals surface area contributed by atoms with Gasteiger partial charge in [-0.2, -0.15) is 0 Å². The number of ether oxygens (including phenoxy) is 1. The summed E-state index contributed by atoms with van der Waals surface area (Å²) in [6.45, 7) is 1.97. The second-order valence-electron chi connectivity index (χ2n) is 4.28. The fraction of sp³-hybridized carbons (Fsp3) is 0.800. The lowest BCUT2D eigenvalue weighted by atomic mass is 10.2. The smallest absolute Gasteiger partial charge is 0.326 e. The summed E-state index contributed by atoms with van der Waals surface area (Å²) in [6.07, 6.45) is -0.646. The molecule has 2 atom stereocenters. The molecule has 0 aromatic rings. The van der Waals surface area contributed by atoms with E-state index in [0.29, 0.717) is 26.3 Å². The van der Waals surface area contributed by atoms with Gasteiger partial charge in [0.15, 0.2) is 0 Å². The Morgan fingerprint density at radius 2 is 1.88 bits per heavy atom. The Labute approximate surface area is 98.6 Å². The van der Waals surface area contributed by atoms with E-state index in [9.17, 15) is 14.7 Å². The number of carbonyl (C=O) groups is 2. The van der Waals surface area contributed by atoms with Crippen LogP contribution in [0.5, 0.6) is 0 Å². The van der Waals surface area contributed by atoms with Crippen molar-refractivity contribution in [3.8, 4) is 0 Å². The number of likely N-dealkylation sites (tertiary alicyclic amines) is 1. The lowest BCUT2D eigenvalue weighted by Gasteiger charge is -2.32. The number of carboxylic acids is 1. The van der Waals surface area contributed by atoms with Crippen LogP contribution < -0.4 is 0 Å². The number of aliphatic hydroxyl groups is 1. The van der Waals surface area contributed by atoms with Crippen LogP contribution in [0.1, 0.15) is 6.42 Å². The Hall–Kier alpha value is -1.34. The van der Waals surface area contributed by atoms with E-state index in [1.165, 1.54) is 4.90 Å². The Morgan fingerprint density at radius 3 is 2.47 bits per heavy atom. The fourth-order valence-electron chi connectivity index (χ4n) is 2.20. The molecule has 0 radical (unpaired) electrons. The van der Waals surface area contributed by atoms with Crippen LogP contribution in [0.25, 0.3) is 0 Å². The molecular weight excluding hydrogens is 228 g/mol. The maximum Gasteiger partial charge on any atom is 0.326 e. The van der Waals surface area contributed by atoms with Crippen LogP contribution in [0.15, 0.2) is 0 Å². The van der Waals surface area contributed by atoms with Crippen LogP contribution in [0, 0.1) is 0 Å². The highest BCUT2D eigenvalue weighted by molar-refractivity contribution is 5.83. The fourth-order valence-corrected chi connectivity index (χ4v) is 2.20. The molecule has 2 N–H and O–H groups in total. The molecule has 2 heterocycles. The predicted octanol–water partition coefficient (Wildman–Crippen LogP) is -1.04. The average Bonchev–Trinajstić information content (AvgIpc) is 2.72. The minimum Gasteiger partial charge on any atom is -0.480 e. The molecule has 0 aliphatic carbocycles. The molecule has 2 amide bonds. The van der Waals surface area contributed by atoms with Gasteiger partial charge in [0.2, 0.25) is 0 Å². The van der Waals surface area contributed by atoms with Crippen molar-refractivity contribution in [2.45, 2.75) is 18.6 Å². The first-order valence-electron chi connectivity index (χ1n) is 5.63. The average molecular weight is 244 g/mol. The molecule has 0 aromatic heterocycles. The predicted molar refractivity (Wildman–Crippen MR) is 56.5 cm³/mol. The number of carboxylic acid groups (broad SMARTS) is 1. The van der Waals surface area contributed by atoms with Gasteiger partial charge in [-0.3, -0.25) is 0 Å². The Morgan fingerprint density at radius 1 is 1.24 bits per heavy atom. The van der Waals surface area contributed by atoms with Gasteiger partial charge in [0.1, 0.15) is 6.04 Å². The van der Waals surface area contributed by atoms with Gasteiger partial charge in [-0.25, -0.2) is 9.59 Å². The van der Waals surface area contributed by atoms with Crippen molar-refractivity contribution in [1.29, 1.82) is 0 Å². The molecule has 2 aliphatic rings. The molecule has 2 saturated heterocycles. The number of aliphatic carboxylic acids is 1. The highest BCUT2D eigenvalue weighted by atomic mass is 16.5. The third kappa shape index (κ3) is 2.50. The minimum absolute atomic E-state index is 0.0904. The standard InChI is InChI=1S/C10H16N2O5/c13-7-5-8(9(14)15)12(6-7)10(16)11-1-3-17-4-2-11/h7-8,13H,1-6H2,(H,14,15)/t7?,8-/m0/s1. The summed E-state index contributed by atoms with van der Waals surface area (Å²) in [5.41, 5.74) is 0. The molecule has 0 saturated carbocycles. The molecule has 2 fully saturated rings. The van der Waals surface area contributed by atoms with Crippen molar-refractivity contribution in [1.82, 2.24) is 9.80 Å². The summed E-state index contributed by atoms with van der Waals surface area (Å²) in [5.74, 6) is -1.07. The number of morpholine rings is 1.